The summed E-state index contributed by atoms with van der Waals surface area (Å²) in [5.74, 6) is 0. The van der Waals surface area contributed by atoms with E-state index in [4.69, 9.17) is 17.0 Å². The standard InChI is InChI=1S/C16H21N3OS/c1-13-4-3-5-15(14(13)2)19-7-6-18(16(19)21)12-17-8-10-20-11-9-17/h3-7H,8-12H2,1-2H3. The Morgan fingerprint density at radius 1 is 1.14 bits per heavy atom. The van der Waals surface area contributed by atoms with E-state index < -0.39 is 0 Å². The zero-order chi connectivity index (χ0) is 14.8. The number of benzene rings is 1. The number of ether oxygens (including phenoxy) is 1. The highest BCUT2D eigenvalue weighted by Crippen LogP contribution is 2.18. The zero-order valence-electron chi connectivity index (χ0n) is 12.6. The van der Waals surface area contributed by atoms with Gasteiger partial charge in [-0.25, -0.2) is 0 Å². The quantitative estimate of drug-likeness (QED) is 0.814. The van der Waals surface area contributed by atoms with Crippen molar-refractivity contribution in [1.29, 1.82) is 0 Å². The summed E-state index contributed by atoms with van der Waals surface area (Å²) in [6.45, 7) is 8.67. The van der Waals surface area contributed by atoms with Gasteiger partial charge in [0.2, 0.25) is 0 Å². The third-order valence-corrected chi connectivity index (χ3v) is 4.57. The van der Waals surface area contributed by atoms with Crippen molar-refractivity contribution in [3.05, 3.63) is 46.5 Å². The van der Waals surface area contributed by atoms with Gasteiger partial charge in [0.05, 0.1) is 25.6 Å². The van der Waals surface area contributed by atoms with E-state index >= 15 is 0 Å². The molecule has 1 saturated heterocycles. The smallest absolute Gasteiger partial charge is 0.185 e. The molecule has 1 aliphatic heterocycles. The van der Waals surface area contributed by atoms with Crippen molar-refractivity contribution in [3.63, 3.8) is 0 Å². The van der Waals surface area contributed by atoms with Crippen molar-refractivity contribution in [1.82, 2.24) is 14.0 Å². The normalized spacial score (nSPS) is 16.3. The van der Waals surface area contributed by atoms with Crippen LogP contribution in [0.15, 0.2) is 30.6 Å². The first-order chi connectivity index (χ1) is 10.2. The second-order valence-electron chi connectivity index (χ2n) is 5.51. The first-order valence-electron chi connectivity index (χ1n) is 7.31. The van der Waals surface area contributed by atoms with Crippen molar-refractivity contribution in [3.8, 4) is 5.69 Å². The van der Waals surface area contributed by atoms with Crippen LogP contribution in [0.2, 0.25) is 0 Å². The molecule has 112 valence electrons. The lowest BCUT2D eigenvalue weighted by Gasteiger charge is -2.26. The number of nitrogens with zero attached hydrogens (tertiary/aromatic N) is 3. The summed E-state index contributed by atoms with van der Waals surface area (Å²) in [6, 6.07) is 6.34. The molecule has 3 rings (SSSR count). The van der Waals surface area contributed by atoms with Crippen LogP contribution in [0.3, 0.4) is 0 Å². The summed E-state index contributed by atoms with van der Waals surface area (Å²) < 4.78 is 10.5. The number of aryl methyl sites for hydroxylation is 1. The molecule has 0 saturated carbocycles. The molecule has 4 nitrogen and oxygen atoms in total. The van der Waals surface area contributed by atoms with Gasteiger partial charge in [-0.05, 0) is 43.3 Å². The third-order valence-electron chi connectivity index (χ3n) is 4.14. The molecule has 2 heterocycles. The number of rotatable bonds is 3. The molecule has 5 heteroatoms. The van der Waals surface area contributed by atoms with Crippen LogP contribution in [0.1, 0.15) is 11.1 Å². The summed E-state index contributed by atoms with van der Waals surface area (Å²) in [7, 11) is 0. The van der Waals surface area contributed by atoms with E-state index in [9.17, 15) is 0 Å². The van der Waals surface area contributed by atoms with E-state index in [-0.39, 0.29) is 0 Å². The fourth-order valence-electron chi connectivity index (χ4n) is 2.66. The second kappa shape index (κ2) is 6.13. The Morgan fingerprint density at radius 2 is 1.90 bits per heavy atom. The number of imidazole rings is 1. The summed E-state index contributed by atoms with van der Waals surface area (Å²) in [6.07, 6.45) is 4.13. The maximum atomic E-state index is 5.65. The van der Waals surface area contributed by atoms with Gasteiger partial charge < -0.3 is 9.30 Å². The molecule has 1 aromatic heterocycles. The maximum absolute atomic E-state index is 5.65. The van der Waals surface area contributed by atoms with Gasteiger partial charge in [-0.2, -0.15) is 0 Å². The van der Waals surface area contributed by atoms with Gasteiger partial charge in [0.1, 0.15) is 0 Å². The molecule has 0 aliphatic carbocycles. The Balaban J connectivity index is 1.88. The van der Waals surface area contributed by atoms with Crippen molar-refractivity contribution in [2.75, 3.05) is 26.3 Å². The van der Waals surface area contributed by atoms with E-state index in [1.54, 1.807) is 0 Å². The van der Waals surface area contributed by atoms with Gasteiger partial charge in [0, 0.05) is 25.5 Å². The topological polar surface area (TPSA) is 22.3 Å². The lowest BCUT2D eigenvalue weighted by molar-refractivity contribution is 0.0232. The molecule has 21 heavy (non-hydrogen) atoms. The average Bonchev–Trinajstić information content (AvgIpc) is 2.84. The highest BCUT2D eigenvalue weighted by molar-refractivity contribution is 7.71. The highest BCUT2D eigenvalue weighted by Gasteiger charge is 2.12. The first-order valence-corrected chi connectivity index (χ1v) is 7.72. The summed E-state index contributed by atoms with van der Waals surface area (Å²) in [5, 5.41) is 0. The van der Waals surface area contributed by atoms with Crippen molar-refractivity contribution >= 4 is 12.2 Å². The molecule has 1 fully saturated rings. The number of morpholine rings is 1. The molecular formula is C16H21N3OS. The largest absolute Gasteiger partial charge is 0.379 e. The highest BCUT2D eigenvalue weighted by atomic mass is 32.1. The average molecular weight is 303 g/mol. The van der Waals surface area contributed by atoms with E-state index in [0.717, 1.165) is 37.7 Å². The molecule has 0 unspecified atom stereocenters. The Hall–Kier alpha value is -1.43. The monoisotopic (exact) mass is 303 g/mol. The molecule has 0 radical (unpaired) electrons. The molecule has 2 aromatic rings. The Bertz CT molecular complexity index is 683. The maximum Gasteiger partial charge on any atom is 0.185 e. The molecule has 0 N–H and O–H groups in total. The van der Waals surface area contributed by atoms with Crippen LogP contribution in [0.5, 0.6) is 0 Å². The van der Waals surface area contributed by atoms with Crippen molar-refractivity contribution in [2.24, 2.45) is 0 Å². The fraction of sp³-hybridized carbons (Fsp3) is 0.438. The minimum absolute atomic E-state index is 0.811. The lowest BCUT2D eigenvalue weighted by Crippen LogP contribution is -2.37. The van der Waals surface area contributed by atoms with Crippen LogP contribution >= 0.6 is 12.2 Å². The summed E-state index contributed by atoms with van der Waals surface area (Å²) >= 11 is 5.65. The van der Waals surface area contributed by atoms with Crippen LogP contribution in [0.25, 0.3) is 5.69 Å². The van der Waals surface area contributed by atoms with Gasteiger partial charge >= 0.3 is 0 Å². The minimum Gasteiger partial charge on any atom is -0.379 e. The van der Waals surface area contributed by atoms with Crippen LogP contribution in [-0.2, 0) is 11.4 Å². The number of hydrogen-bond acceptors (Lipinski definition) is 3. The van der Waals surface area contributed by atoms with Gasteiger partial charge in [-0.15, -0.1) is 0 Å². The van der Waals surface area contributed by atoms with E-state index in [0.29, 0.717) is 0 Å². The van der Waals surface area contributed by atoms with Gasteiger partial charge in [0.25, 0.3) is 0 Å². The zero-order valence-corrected chi connectivity index (χ0v) is 13.4. The van der Waals surface area contributed by atoms with Gasteiger partial charge in [-0.1, -0.05) is 12.1 Å². The molecule has 1 aliphatic rings. The molecule has 0 spiro atoms. The molecule has 0 amide bonds. The fourth-order valence-corrected chi connectivity index (χ4v) is 2.94. The van der Waals surface area contributed by atoms with Crippen LogP contribution in [0, 0.1) is 18.6 Å². The molecule has 0 bridgehead atoms. The van der Waals surface area contributed by atoms with Crippen molar-refractivity contribution < 1.29 is 4.74 Å². The Morgan fingerprint density at radius 3 is 2.67 bits per heavy atom. The minimum atomic E-state index is 0.811. The van der Waals surface area contributed by atoms with Crippen LogP contribution in [-0.4, -0.2) is 40.3 Å². The van der Waals surface area contributed by atoms with Crippen molar-refractivity contribution in [2.45, 2.75) is 20.5 Å². The first kappa shape index (κ1) is 14.5. The number of aromatic nitrogens is 2. The summed E-state index contributed by atoms with van der Waals surface area (Å²) in [4.78, 5) is 2.37. The molecule has 1 aromatic carbocycles. The molecular weight excluding hydrogens is 282 g/mol. The predicted molar refractivity (Wildman–Crippen MR) is 86.5 cm³/mol. The second-order valence-corrected chi connectivity index (χ2v) is 5.88. The van der Waals surface area contributed by atoms with E-state index in [1.165, 1.54) is 16.8 Å². The SMILES string of the molecule is Cc1cccc(-n2ccn(CN3CCOCC3)c2=S)c1C. The predicted octanol–water partition coefficient (Wildman–Crippen LogP) is 2.91. The Kier molecular flexibility index (Phi) is 4.24. The number of hydrogen-bond donors (Lipinski definition) is 0. The third kappa shape index (κ3) is 2.95. The Labute approximate surface area is 130 Å². The van der Waals surface area contributed by atoms with E-state index in [2.05, 4.69) is 58.5 Å². The summed E-state index contributed by atoms with van der Waals surface area (Å²) in [5.41, 5.74) is 3.73. The van der Waals surface area contributed by atoms with Crippen LogP contribution in [0.4, 0.5) is 0 Å². The van der Waals surface area contributed by atoms with E-state index in [1.807, 2.05) is 0 Å². The molecule has 0 atom stereocenters. The van der Waals surface area contributed by atoms with Crippen LogP contribution < -0.4 is 0 Å². The van der Waals surface area contributed by atoms with Gasteiger partial charge in [0.15, 0.2) is 4.77 Å². The lowest BCUT2D eigenvalue weighted by atomic mass is 10.1. The van der Waals surface area contributed by atoms with Gasteiger partial charge in [-0.3, -0.25) is 9.47 Å².